The van der Waals surface area contributed by atoms with Crippen molar-refractivity contribution in [1.29, 1.82) is 0 Å². The summed E-state index contributed by atoms with van der Waals surface area (Å²) in [6, 6.07) is 10.4. The molecule has 1 amide bonds. The van der Waals surface area contributed by atoms with Gasteiger partial charge < -0.3 is 9.64 Å². The molecule has 1 aliphatic rings. The van der Waals surface area contributed by atoms with E-state index in [9.17, 15) is 13.2 Å². The maximum atomic E-state index is 13.7. The Labute approximate surface area is 180 Å². The standard InChI is InChI=1S/C21H25BrN2O4S/c1-5-23(18-7-9-19(10-8-18)28-6-2)29(26,27)20-13-17(22)12-16-11-14(3)24(15(4)25)21(16)20/h7-10,12-14H,5-6,11H2,1-4H3/t14-/m1/s1. The zero-order valence-corrected chi connectivity index (χ0v) is 19.4. The number of halogens is 1. The number of carbonyl (C=O) groups is 1. The van der Waals surface area contributed by atoms with Gasteiger partial charge in [-0.3, -0.25) is 9.10 Å². The smallest absolute Gasteiger partial charge is 0.266 e. The average Bonchev–Trinajstić information content (AvgIpc) is 2.98. The molecule has 0 saturated carbocycles. The molecule has 1 heterocycles. The van der Waals surface area contributed by atoms with Gasteiger partial charge in [-0.05, 0) is 69.2 Å². The second-order valence-corrected chi connectivity index (χ2v) is 9.70. The molecule has 0 spiro atoms. The first-order valence-electron chi connectivity index (χ1n) is 9.58. The lowest BCUT2D eigenvalue weighted by Gasteiger charge is -2.27. The third kappa shape index (κ3) is 4.00. The van der Waals surface area contributed by atoms with Gasteiger partial charge in [-0.15, -0.1) is 0 Å². The van der Waals surface area contributed by atoms with Crippen molar-refractivity contribution in [2.24, 2.45) is 0 Å². The number of amides is 1. The van der Waals surface area contributed by atoms with Crippen LogP contribution in [0.3, 0.4) is 0 Å². The topological polar surface area (TPSA) is 66.9 Å². The van der Waals surface area contributed by atoms with Crippen LogP contribution in [0.1, 0.15) is 33.3 Å². The molecule has 0 saturated heterocycles. The number of anilines is 2. The van der Waals surface area contributed by atoms with Gasteiger partial charge in [0.1, 0.15) is 10.6 Å². The number of hydrogen-bond donors (Lipinski definition) is 0. The van der Waals surface area contributed by atoms with Gasteiger partial charge >= 0.3 is 0 Å². The highest BCUT2D eigenvalue weighted by Gasteiger charge is 2.37. The summed E-state index contributed by atoms with van der Waals surface area (Å²) in [5.74, 6) is 0.517. The molecule has 2 aromatic carbocycles. The van der Waals surface area contributed by atoms with E-state index in [0.29, 0.717) is 34.6 Å². The molecule has 6 nitrogen and oxygen atoms in total. The Bertz CT molecular complexity index is 1020. The van der Waals surface area contributed by atoms with Crippen molar-refractivity contribution in [3.8, 4) is 5.75 Å². The van der Waals surface area contributed by atoms with Crippen LogP contribution in [0.4, 0.5) is 11.4 Å². The fourth-order valence-corrected chi connectivity index (χ4v) is 6.22. The van der Waals surface area contributed by atoms with Gasteiger partial charge in [-0.25, -0.2) is 8.42 Å². The summed E-state index contributed by atoms with van der Waals surface area (Å²) in [4.78, 5) is 14.0. The summed E-state index contributed by atoms with van der Waals surface area (Å²) in [6.45, 7) is 7.87. The van der Waals surface area contributed by atoms with E-state index in [4.69, 9.17) is 4.74 Å². The fraction of sp³-hybridized carbons (Fsp3) is 0.381. The number of rotatable bonds is 6. The average molecular weight is 481 g/mol. The van der Waals surface area contributed by atoms with Crippen LogP contribution in [0.15, 0.2) is 45.8 Å². The van der Waals surface area contributed by atoms with Gasteiger partial charge in [0.15, 0.2) is 0 Å². The maximum absolute atomic E-state index is 13.7. The zero-order chi connectivity index (χ0) is 21.3. The molecule has 1 atom stereocenters. The lowest BCUT2D eigenvalue weighted by atomic mass is 10.1. The first-order valence-corrected chi connectivity index (χ1v) is 11.8. The predicted octanol–water partition coefficient (Wildman–Crippen LogP) is 4.36. The molecule has 0 fully saturated rings. The van der Waals surface area contributed by atoms with Gasteiger partial charge in [0, 0.05) is 24.0 Å². The van der Waals surface area contributed by atoms with E-state index in [1.165, 1.54) is 11.2 Å². The largest absolute Gasteiger partial charge is 0.494 e. The van der Waals surface area contributed by atoms with Gasteiger partial charge in [-0.2, -0.15) is 0 Å². The molecular weight excluding hydrogens is 456 g/mol. The van der Waals surface area contributed by atoms with E-state index in [2.05, 4.69) is 15.9 Å². The van der Waals surface area contributed by atoms with Crippen LogP contribution < -0.4 is 13.9 Å². The molecular formula is C21H25BrN2O4S. The molecule has 0 bridgehead atoms. The van der Waals surface area contributed by atoms with E-state index >= 15 is 0 Å². The quantitative estimate of drug-likeness (QED) is 0.615. The van der Waals surface area contributed by atoms with Crippen molar-refractivity contribution in [2.75, 3.05) is 22.4 Å². The predicted molar refractivity (Wildman–Crippen MR) is 118 cm³/mol. The van der Waals surface area contributed by atoms with Crippen molar-refractivity contribution in [1.82, 2.24) is 0 Å². The summed E-state index contributed by atoms with van der Waals surface area (Å²) >= 11 is 3.44. The highest BCUT2D eigenvalue weighted by molar-refractivity contribution is 9.10. The summed E-state index contributed by atoms with van der Waals surface area (Å²) < 4.78 is 34.9. The SMILES string of the molecule is CCOc1ccc(N(CC)S(=O)(=O)c2cc(Br)cc3c2N(C(C)=O)[C@H](C)C3)cc1. The lowest BCUT2D eigenvalue weighted by molar-refractivity contribution is -0.116. The highest BCUT2D eigenvalue weighted by Crippen LogP contribution is 2.41. The van der Waals surface area contributed by atoms with Crippen LogP contribution in [0.5, 0.6) is 5.75 Å². The van der Waals surface area contributed by atoms with E-state index < -0.39 is 10.0 Å². The van der Waals surface area contributed by atoms with Gasteiger partial charge in [-0.1, -0.05) is 15.9 Å². The van der Waals surface area contributed by atoms with Crippen molar-refractivity contribution < 1.29 is 17.9 Å². The maximum Gasteiger partial charge on any atom is 0.266 e. The van der Waals surface area contributed by atoms with Crippen molar-refractivity contribution in [3.05, 3.63) is 46.4 Å². The molecule has 0 aliphatic carbocycles. The number of benzene rings is 2. The third-order valence-corrected chi connectivity index (χ3v) is 7.32. The van der Waals surface area contributed by atoms with Crippen molar-refractivity contribution >= 4 is 43.2 Å². The molecule has 0 aromatic heterocycles. The van der Waals surface area contributed by atoms with Gasteiger partial charge in [0.2, 0.25) is 5.91 Å². The monoisotopic (exact) mass is 480 g/mol. The number of carbonyl (C=O) groups excluding carboxylic acids is 1. The summed E-state index contributed by atoms with van der Waals surface area (Å²) in [6.07, 6.45) is 0.617. The fourth-order valence-electron chi connectivity index (χ4n) is 3.84. The lowest BCUT2D eigenvalue weighted by Crippen LogP contribution is -2.36. The number of ether oxygens (including phenoxy) is 1. The first-order chi connectivity index (χ1) is 13.7. The molecule has 0 unspecified atom stereocenters. The Morgan fingerprint density at radius 1 is 1.24 bits per heavy atom. The summed E-state index contributed by atoms with van der Waals surface area (Å²) in [5.41, 5.74) is 1.88. The van der Waals surface area contributed by atoms with Crippen LogP contribution >= 0.6 is 15.9 Å². The van der Waals surface area contributed by atoms with Gasteiger partial charge in [0.05, 0.1) is 18.0 Å². The van der Waals surface area contributed by atoms with Gasteiger partial charge in [0.25, 0.3) is 10.0 Å². The Balaban J connectivity index is 2.13. The first kappa shape index (κ1) is 21.6. The molecule has 0 radical (unpaired) electrons. The Morgan fingerprint density at radius 3 is 2.45 bits per heavy atom. The molecule has 156 valence electrons. The van der Waals surface area contributed by atoms with Crippen LogP contribution in [-0.4, -0.2) is 33.5 Å². The minimum atomic E-state index is -3.90. The molecule has 2 aromatic rings. The number of fused-ring (bicyclic) bond motifs is 1. The number of sulfonamides is 1. The minimum Gasteiger partial charge on any atom is -0.494 e. The second kappa shape index (κ2) is 8.36. The highest BCUT2D eigenvalue weighted by atomic mass is 79.9. The van der Waals surface area contributed by atoms with Crippen molar-refractivity contribution in [2.45, 2.75) is 45.1 Å². The van der Waals surface area contributed by atoms with Crippen LogP contribution in [0.25, 0.3) is 0 Å². The Hall–Kier alpha value is -2.06. The molecule has 3 rings (SSSR count). The van der Waals surface area contributed by atoms with Crippen LogP contribution in [0.2, 0.25) is 0 Å². The molecule has 29 heavy (non-hydrogen) atoms. The summed E-state index contributed by atoms with van der Waals surface area (Å²) in [7, 11) is -3.90. The van der Waals surface area contributed by atoms with E-state index in [1.54, 1.807) is 42.2 Å². The third-order valence-electron chi connectivity index (χ3n) is 4.95. The molecule has 8 heteroatoms. The Morgan fingerprint density at radius 2 is 1.90 bits per heavy atom. The zero-order valence-electron chi connectivity index (χ0n) is 17.0. The second-order valence-electron chi connectivity index (χ2n) is 6.95. The summed E-state index contributed by atoms with van der Waals surface area (Å²) in [5, 5.41) is 0. The van der Waals surface area contributed by atoms with Crippen molar-refractivity contribution in [3.63, 3.8) is 0 Å². The Kier molecular flexibility index (Phi) is 6.24. The molecule has 0 N–H and O–H groups in total. The van der Waals surface area contributed by atoms with E-state index in [0.717, 1.165) is 5.56 Å². The normalized spacial score (nSPS) is 15.9. The van der Waals surface area contributed by atoms with E-state index in [-0.39, 0.29) is 23.4 Å². The van der Waals surface area contributed by atoms with Crippen LogP contribution in [0, 0.1) is 0 Å². The number of nitrogens with zero attached hydrogens (tertiary/aromatic N) is 2. The molecule has 1 aliphatic heterocycles. The van der Waals surface area contributed by atoms with E-state index in [1.807, 2.05) is 19.9 Å². The minimum absolute atomic E-state index is 0.0914. The van der Waals surface area contributed by atoms with Crippen LogP contribution in [-0.2, 0) is 21.2 Å². The number of hydrogen-bond acceptors (Lipinski definition) is 4.